The van der Waals surface area contributed by atoms with E-state index in [0.29, 0.717) is 5.56 Å². The van der Waals surface area contributed by atoms with E-state index in [-0.39, 0.29) is 24.6 Å². The second-order valence-electron chi connectivity index (χ2n) is 3.09. The van der Waals surface area contributed by atoms with Gasteiger partial charge in [-0.3, -0.25) is 0 Å². The van der Waals surface area contributed by atoms with Gasteiger partial charge in [-0.05, 0) is 17.7 Å². The Hall–Kier alpha value is -1.45. The number of benzene rings is 1. The Morgan fingerprint density at radius 1 is 1.41 bits per heavy atom. The van der Waals surface area contributed by atoms with E-state index in [4.69, 9.17) is 11.0 Å². The van der Waals surface area contributed by atoms with E-state index in [2.05, 4.69) is 4.74 Å². The van der Waals surface area contributed by atoms with Crippen LogP contribution in [0.4, 0.5) is 13.2 Å². The van der Waals surface area contributed by atoms with Gasteiger partial charge in [0.15, 0.2) is 0 Å². The molecule has 0 heterocycles. The van der Waals surface area contributed by atoms with E-state index in [0.717, 1.165) is 0 Å². The summed E-state index contributed by atoms with van der Waals surface area (Å²) in [5.74, 6) is -0.335. The van der Waals surface area contributed by atoms with Crippen molar-refractivity contribution >= 4 is 12.4 Å². The Morgan fingerprint density at radius 2 is 2.06 bits per heavy atom. The molecular formula is C10H10ClF3N2O. The Kier molecular flexibility index (Phi) is 5.79. The zero-order valence-electron chi connectivity index (χ0n) is 8.57. The molecule has 2 N–H and O–H groups in total. The SMILES string of the molecule is Cl.N#CCC(N)c1cccc(OC(F)(F)F)c1. The Bertz CT molecular complexity index is 403. The van der Waals surface area contributed by atoms with E-state index >= 15 is 0 Å². The van der Waals surface area contributed by atoms with E-state index in [1.54, 1.807) is 6.07 Å². The smallest absolute Gasteiger partial charge is 0.406 e. The van der Waals surface area contributed by atoms with Gasteiger partial charge < -0.3 is 10.5 Å². The molecule has 3 nitrogen and oxygen atoms in total. The lowest BCUT2D eigenvalue weighted by Crippen LogP contribution is -2.17. The van der Waals surface area contributed by atoms with Crippen molar-refractivity contribution in [3.63, 3.8) is 0 Å². The summed E-state index contributed by atoms with van der Waals surface area (Å²) in [6.45, 7) is 0. The van der Waals surface area contributed by atoms with Crippen molar-refractivity contribution in [3.05, 3.63) is 29.8 Å². The van der Waals surface area contributed by atoms with Gasteiger partial charge in [0, 0.05) is 6.04 Å². The van der Waals surface area contributed by atoms with Gasteiger partial charge in [-0.15, -0.1) is 25.6 Å². The highest BCUT2D eigenvalue weighted by Crippen LogP contribution is 2.25. The highest BCUT2D eigenvalue weighted by atomic mass is 35.5. The normalized spacial score (nSPS) is 12.2. The highest BCUT2D eigenvalue weighted by Gasteiger charge is 2.31. The molecule has 0 radical (unpaired) electrons. The number of hydrogen-bond donors (Lipinski definition) is 1. The van der Waals surface area contributed by atoms with Gasteiger partial charge in [-0.1, -0.05) is 12.1 Å². The second-order valence-corrected chi connectivity index (χ2v) is 3.09. The van der Waals surface area contributed by atoms with E-state index in [1.807, 2.05) is 6.07 Å². The lowest BCUT2D eigenvalue weighted by molar-refractivity contribution is -0.274. The lowest BCUT2D eigenvalue weighted by atomic mass is 10.1. The number of halogens is 4. The Balaban J connectivity index is 0.00000256. The fraction of sp³-hybridized carbons (Fsp3) is 0.300. The van der Waals surface area contributed by atoms with Gasteiger partial charge in [0.25, 0.3) is 0 Å². The zero-order chi connectivity index (χ0) is 12.2. The summed E-state index contributed by atoms with van der Waals surface area (Å²) in [5, 5.41) is 8.41. The number of nitrogens with zero attached hydrogens (tertiary/aromatic N) is 1. The van der Waals surface area contributed by atoms with Gasteiger partial charge in [0.05, 0.1) is 12.5 Å². The number of nitriles is 1. The zero-order valence-corrected chi connectivity index (χ0v) is 9.39. The van der Waals surface area contributed by atoms with E-state index in [1.165, 1.54) is 18.2 Å². The van der Waals surface area contributed by atoms with Crippen molar-refractivity contribution < 1.29 is 17.9 Å². The van der Waals surface area contributed by atoms with Crippen LogP contribution in [0, 0.1) is 11.3 Å². The lowest BCUT2D eigenvalue weighted by Gasteiger charge is -2.12. The number of hydrogen-bond acceptors (Lipinski definition) is 3. The molecule has 0 aliphatic carbocycles. The molecule has 0 bridgehead atoms. The molecule has 0 aliphatic heterocycles. The van der Waals surface area contributed by atoms with Crippen LogP contribution in [0.25, 0.3) is 0 Å². The minimum atomic E-state index is -4.72. The first-order valence-electron chi connectivity index (χ1n) is 4.40. The molecule has 1 rings (SSSR count). The molecular weight excluding hydrogens is 257 g/mol. The van der Waals surface area contributed by atoms with Crippen molar-refractivity contribution in [2.45, 2.75) is 18.8 Å². The summed E-state index contributed by atoms with van der Waals surface area (Å²) in [5.41, 5.74) is 6.01. The van der Waals surface area contributed by atoms with Gasteiger partial charge in [0.1, 0.15) is 5.75 Å². The van der Waals surface area contributed by atoms with Gasteiger partial charge in [-0.25, -0.2) is 0 Å². The maximum atomic E-state index is 11.9. The number of alkyl halides is 3. The maximum absolute atomic E-state index is 11.9. The molecule has 0 amide bonds. The van der Waals surface area contributed by atoms with Crippen LogP contribution in [0.1, 0.15) is 18.0 Å². The van der Waals surface area contributed by atoms with Gasteiger partial charge >= 0.3 is 6.36 Å². The first-order valence-corrected chi connectivity index (χ1v) is 4.40. The summed E-state index contributed by atoms with van der Waals surface area (Å²) >= 11 is 0. The molecule has 94 valence electrons. The molecule has 0 spiro atoms. The standard InChI is InChI=1S/C10H9F3N2O.ClH/c11-10(12,13)16-8-3-1-2-7(6-8)9(15)4-5-14;/h1-3,6,9H,4,15H2;1H. The van der Waals surface area contributed by atoms with E-state index in [9.17, 15) is 13.2 Å². The van der Waals surface area contributed by atoms with Crippen LogP contribution in [0.15, 0.2) is 24.3 Å². The molecule has 1 unspecified atom stereocenters. The maximum Gasteiger partial charge on any atom is 0.573 e. The van der Waals surface area contributed by atoms with Crippen LogP contribution in [0.3, 0.4) is 0 Å². The topological polar surface area (TPSA) is 59.0 Å². The molecule has 0 saturated carbocycles. The quantitative estimate of drug-likeness (QED) is 0.915. The van der Waals surface area contributed by atoms with Crippen molar-refractivity contribution in [2.24, 2.45) is 5.73 Å². The Morgan fingerprint density at radius 3 is 2.59 bits per heavy atom. The summed E-state index contributed by atoms with van der Waals surface area (Å²) in [6.07, 6.45) is -4.69. The van der Waals surface area contributed by atoms with Crippen LogP contribution >= 0.6 is 12.4 Å². The first kappa shape index (κ1) is 15.6. The second kappa shape index (κ2) is 6.33. The van der Waals surface area contributed by atoms with Crippen LogP contribution in [0.5, 0.6) is 5.75 Å². The third kappa shape index (κ3) is 5.43. The molecule has 1 atom stereocenters. The molecule has 1 aromatic rings. The Labute approximate surface area is 102 Å². The third-order valence-electron chi connectivity index (χ3n) is 1.83. The molecule has 0 saturated heterocycles. The number of nitrogens with two attached hydrogens (primary N) is 1. The molecule has 17 heavy (non-hydrogen) atoms. The van der Waals surface area contributed by atoms with E-state index < -0.39 is 12.4 Å². The average molecular weight is 267 g/mol. The van der Waals surface area contributed by atoms with Gasteiger partial charge in [-0.2, -0.15) is 5.26 Å². The minimum Gasteiger partial charge on any atom is -0.406 e. The summed E-state index contributed by atoms with van der Waals surface area (Å²) in [6, 6.07) is 6.53. The van der Waals surface area contributed by atoms with Crippen LogP contribution in [0.2, 0.25) is 0 Å². The number of ether oxygens (including phenoxy) is 1. The van der Waals surface area contributed by atoms with Crippen LogP contribution in [-0.4, -0.2) is 6.36 Å². The largest absolute Gasteiger partial charge is 0.573 e. The van der Waals surface area contributed by atoms with Crippen LogP contribution in [-0.2, 0) is 0 Å². The fourth-order valence-electron chi connectivity index (χ4n) is 1.16. The minimum absolute atomic E-state index is 0. The van der Waals surface area contributed by atoms with Crippen molar-refractivity contribution in [3.8, 4) is 11.8 Å². The van der Waals surface area contributed by atoms with Gasteiger partial charge in [0.2, 0.25) is 0 Å². The summed E-state index contributed by atoms with van der Waals surface area (Å²) in [7, 11) is 0. The van der Waals surface area contributed by atoms with Crippen molar-refractivity contribution in [1.29, 1.82) is 5.26 Å². The monoisotopic (exact) mass is 266 g/mol. The first-order chi connectivity index (χ1) is 7.42. The molecule has 7 heteroatoms. The molecule has 0 aliphatic rings. The fourth-order valence-corrected chi connectivity index (χ4v) is 1.16. The highest BCUT2D eigenvalue weighted by molar-refractivity contribution is 5.85. The predicted octanol–water partition coefficient (Wildman–Crippen LogP) is 2.92. The predicted molar refractivity (Wildman–Crippen MR) is 57.5 cm³/mol. The molecule has 1 aromatic carbocycles. The summed E-state index contributed by atoms with van der Waals surface area (Å²) < 4.78 is 39.5. The summed E-state index contributed by atoms with van der Waals surface area (Å²) in [4.78, 5) is 0. The average Bonchev–Trinajstić information content (AvgIpc) is 2.16. The molecule has 0 aromatic heterocycles. The van der Waals surface area contributed by atoms with Crippen molar-refractivity contribution in [2.75, 3.05) is 0 Å². The van der Waals surface area contributed by atoms with Crippen molar-refractivity contribution in [1.82, 2.24) is 0 Å². The number of rotatable bonds is 3. The molecule has 0 fully saturated rings. The third-order valence-corrected chi connectivity index (χ3v) is 1.83. The van der Waals surface area contributed by atoms with Crippen LogP contribution < -0.4 is 10.5 Å².